The second-order valence-electron chi connectivity index (χ2n) is 7.50. The molecule has 2 aromatic carbocycles. The first-order valence-electron chi connectivity index (χ1n) is 9.46. The molecule has 3 rings (SSSR count). The van der Waals surface area contributed by atoms with Crippen molar-refractivity contribution in [2.75, 3.05) is 19.8 Å². The van der Waals surface area contributed by atoms with Crippen molar-refractivity contribution in [3.05, 3.63) is 53.6 Å². The average Bonchev–Trinajstić information content (AvgIpc) is 3.00. The first kappa shape index (κ1) is 20.5. The normalized spacial score (nSPS) is 13.9. The van der Waals surface area contributed by atoms with E-state index in [1.54, 1.807) is 12.1 Å². The van der Waals surface area contributed by atoms with Gasteiger partial charge in [-0.1, -0.05) is 24.3 Å². The van der Waals surface area contributed by atoms with E-state index >= 15 is 0 Å². The third kappa shape index (κ3) is 5.88. The Balaban J connectivity index is 1.41. The lowest BCUT2D eigenvalue weighted by Crippen LogP contribution is -2.30. The van der Waals surface area contributed by atoms with Crippen LogP contribution < -0.4 is 19.5 Å². The maximum atomic E-state index is 12.1. The predicted octanol–water partition coefficient (Wildman–Crippen LogP) is 2.60. The molecule has 154 valence electrons. The van der Waals surface area contributed by atoms with Gasteiger partial charge in [0.2, 0.25) is 0 Å². The van der Waals surface area contributed by atoms with Gasteiger partial charge < -0.3 is 24.6 Å². The number of hydrogen-bond acceptors (Lipinski definition) is 5. The lowest BCUT2D eigenvalue weighted by molar-refractivity contribution is -0.139. The zero-order chi connectivity index (χ0) is 20.9. The van der Waals surface area contributed by atoms with Gasteiger partial charge in [-0.2, -0.15) is 0 Å². The van der Waals surface area contributed by atoms with Crippen molar-refractivity contribution in [2.45, 2.75) is 32.3 Å². The summed E-state index contributed by atoms with van der Waals surface area (Å²) in [5.41, 5.74) is 1.83. The van der Waals surface area contributed by atoms with Gasteiger partial charge in [0.05, 0.1) is 0 Å². The molecule has 1 aliphatic rings. The molecule has 2 N–H and O–H groups in total. The fourth-order valence-corrected chi connectivity index (χ4v) is 3.14. The van der Waals surface area contributed by atoms with Crippen LogP contribution in [-0.2, 0) is 22.4 Å². The molecule has 0 bridgehead atoms. The topological polar surface area (TPSA) is 94.1 Å². The maximum Gasteiger partial charge on any atom is 0.341 e. The van der Waals surface area contributed by atoms with Gasteiger partial charge in [0.25, 0.3) is 5.91 Å². The van der Waals surface area contributed by atoms with Crippen LogP contribution in [-0.4, -0.2) is 42.3 Å². The number of rotatable bonds is 9. The Morgan fingerprint density at radius 3 is 2.59 bits per heavy atom. The molecule has 7 heteroatoms. The van der Waals surface area contributed by atoms with Crippen LogP contribution in [0.4, 0.5) is 0 Å². The highest BCUT2D eigenvalue weighted by Crippen LogP contribution is 2.41. The summed E-state index contributed by atoms with van der Waals surface area (Å²) in [6.07, 6.45) is 1.45. The van der Waals surface area contributed by atoms with Gasteiger partial charge in [-0.25, -0.2) is 4.79 Å². The van der Waals surface area contributed by atoms with E-state index in [-0.39, 0.29) is 24.7 Å². The number of ether oxygens (including phenoxy) is 3. The number of benzene rings is 2. The first-order valence-corrected chi connectivity index (χ1v) is 9.46. The molecular weight excluding hydrogens is 374 g/mol. The monoisotopic (exact) mass is 399 g/mol. The Morgan fingerprint density at radius 2 is 1.86 bits per heavy atom. The van der Waals surface area contributed by atoms with Crippen molar-refractivity contribution in [3.8, 4) is 17.2 Å². The third-order valence-corrected chi connectivity index (χ3v) is 4.44. The number of carboxylic acid groups (broad SMARTS) is 1. The van der Waals surface area contributed by atoms with Crippen LogP contribution in [0.5, 0.6) is 17.2 Å². The highest BCUT2D eigenvalue weighted by atomic mass is 16.5. The number of carboxylic acids is 1. The van der Waals surface area contributed by atoms with E-state index in [4.69, 9.17) is 19.3 Å². The average molecular weight is 399 g/mol. The lowest BCUT2D eigenvalue weighted by Gasteiger charge is -2.18. The van der Waals surface area contributed by atoms with E-state index in [0.717, 1.165) is 23.3 Å². The molecule has 1 amide bonds. The molecule has 0 saturated carbocycles. The molecule has 7 nitrogen and oxygen atoms in total. The number of carbonyl (C=O) groups excluding carboxylic acids is 1. The molecule has 0 saturated heterocycles. The Morgan fingerprint density at radius 1 is 1.10 bits per heavy atom. The van der Waals surface area contributed by atoms with Gasteiger partial charge in [-0.15, -0.1) is 0 Å². The molecule has 0 unspecified atom stereocenters. The second kappa shape index (κ2) is 8.86. The molecule has 0 spiro atoms. The third-order valence-electron chi connectivity index (χ3n) is 4.44. The first-order chi connectivity index (χ1) is 13.8. The Bertz CT molecular complexity index is 875. The van der Waals surface area contributed by atoms with E-state index in [0.29, 0.717) is 24.5 Å². The number of para-hydroxylation sites is 1. The van der Waals surface area contributed by atoms with E-state index in [9.17, 15) is 9.59 Å². The van der Waals surface area contributed by atoms with Crippen LogP contribution in [0.1, 0.15) is 25.0 Å². The minimum Gasteiger partial charge on any atom is -0.483 e. The fraction of sp³-hybridized carbons (Fsp3) is 0.364. The van der Waals surface area contributed by atoms with Gasteiger partial charge in [-0.05, 0) is 44.0 Å². The summed E-state index contributed by atoms with van der Waals surface area (Å²) in [5, 5.41) is 11.4. The molecule has 0 aliphatic carbocycles. The highest BCUT2D eigenvalue weighted by molar-refractivity contribution is 5.77. The van der Waals surface area contributed by atoms with Crippen LogP contribution in [0.3, 0.4) is 0 Å². The smallest absolute Gasteiger partial charge is 0.341 e. The predicted molar refractivity (Wildman–Crippen MR) is 107 cm³/mol. The number of amides is 1. The summed E-state index contributed by atoms with van der Waals surface area (Å²) in [6.45, 7) is 4.06. The Hall–Kier alpha value is -3.22. The van der Waals surface area contributed by atoms with Crippen molar-refractivity contribution >= 4 is 11.9 Å². The summed E-state index contributed by atoms with van der Waals surface area (Å²) in [5.74, 6) is 0.570. The van der Waals surface area contributed by atoms with Crippen LogP contribution in [0.25, 0.3) is 0 Å². The van der Waals surface area contributed by atoms with E-state index in [1.807, 2.05) is 44.2 Å². The summed E-state index contributed by atoms with van der Waals surface area (Å²) in [7, 11) is 0. The molecule has 1 aliphatic heterocycles. The molecule has 1 heterocycles. The lowest BCUT2D eigenvalue weighted by atomic mass is 10.0. The van der Waals surface area contributed by atoms with Crippen LogP contribution >= 0.6 is 0 Å². The zero-order valence-electron chi connectivity index (χ0n) is 16.6. The minimum atomic E-state index is -1.02. The number of aliphatic carboxylic acids is 1. The van der Waals surface area contributed by atoms with E-state index in [1.165, 1.54) is 0 Å². The maximum absolute atomic E-state index is 12.1. The minimum absolute atomic E-state index is 0.0811. The summed E-state index contributed by atoms with van der Waals surface area (Å²) < 4.78 is 16.7. The summed E-state index contributed by atoms with van der Waals surface area (Å²) >= 11 is 0. The highest BCUT2D eigenvalue weighted by Gasteiger charge is 2.32. The number of hydrogen-bond donors (Lipinski definition) is 2. The molecular formula is C22H25NO6. The van der Waals surface area contributed by atoms with Gasteiger partial charge >= 0.3 is 5.97 Å². The van der Waals surface area contributed by atoms with Crippen LogP contribution in [0.15, 0.2) is 42.5 Å². The van der Waals surface area contributed by atoms with Gasteiger partial charge in [0.15, 0.2) is 24.7 Å². The fourth-order valence-electron chi connectivity index (χ4n) is 3.14. The molecule has 0 atom stereocenters. The van der Waals surface area contributed by atoms with Gasteiger partial charge in [-0.3, -0.25) is 4.79 Å². The standard InChI is InChI=1S/C22H25NO6/c1-22(2)12-16-4-3-5-18(21(16)29-22)28-13-19(24)23-11-10-15-6-8-17(9-7-15)27-14-20(25)26/h3-9H,10-14H2,1-2H3,(H,23,24)(H,25,26). The number of nitrogens with one attached hydrogen (secondary N) is 1. The zero-order valence-corrected chi connectivity index (χ0v) is 16.6. The van der Waals surface area contributed by atoms with E-state index in [2.05, 4.69) is 5.32 Å². The van der Waals surface area contributed by atoms with Crippen molar-refractivity contribution < 1.29 is 28.9 Å². The van der Waals surface area contributed by atoms with Crippen molar-refractivity contribution in [1.29, 1.82) is 0 Å². The summed E-state index contributed by atoms with van der Waals surface area (Å²) in [4.78, 5) is 22.6. The number of carbonyl (C=O) groups is 2. The number of fused-ring (bicyclic) bond motifs is 1. The molecule has 2 aromatic rings. The summed E-state index contributed by atoms with van der Waals surface area (Å²) in [6, 6.07) is 12.8. The molecule has 29 heavy (non-hydrogen) atoms. The SMILES string of the molecule is CC1(C)Cc2cccc(OCC(=O)NCCc3ccc(OCC(=O)O)cc3)c2O1. The molecule has 0 fully saturated rings. The second-order valence-corrected chi connectivity index (χ2v) is 7.50. The Kier molecular flexibility index (Phi) is 6.26. The van der Waals surface area contributed by atoms with Crippen LogP contribution in [0, 0.1) is 0 Å². The van der Waals surface area contributed by atoms with Crippen molar-refractivity contribution in [3.63, 3.8) is 0 Å². The van der Waals surface area contributed by atoms with Gasteiger partial charge in [0, 0.05) is 18.5 Å². The van der Waals surface area contributed by atoms with Crippen molar-refractivity contribution in [1.82, 2.24) is 5.32 Å². The largest absolute Gasteiger partial charge is 0.483 e. The van der Waals surface area contributed by atoms with E-state index < -0.39 is 5.97 Å². The van der Waals surface area contributed by atoms with Crippen molar-refractivity contribution in [2.24, 2.45) is 0 Å². The quantitative estimate of drug-likeness (QED) is 0.673. The molecule has 0 aromatic heterocycles. The van der Waals surface area contributed by atoms with Crippen LogP contribution in [0.2, 0.25) is 0 Å². The molecule has 0 radical (unpaired) electrons. The Labute approximate surface area is 169 Å². The van der Waals surface area contributed by atoms with Gasteiger partial charge in [0.1, 0.15) is 11.4 Å².